The van der Waals surface area contributed by atoms with Gasteiger partial charge in [-0.2, -0.15) is 56.9 Å². The SMILES string of the molecule is O=C(CCc1ccncc1)Oc1c(F)c(F)cc(F)c1F.O=C(O)CCc1ccncc1.O=C([O-])C(F)(F)F.Oc1c(F)c(F)cc(F)c1F.[I][Pt+2][I].[I][Pt].[N-]=[N+]=NCCOCCOCCOCCOCCCC(=O)CCc1ccncc1.[N-]=[N+]=NCCOCCOCCOCCOCCCC(=O)CCc1ccncc1.[N-]=[N+]=NCCOCCOCCOCCOCCN.[NH-]CC[NH-].[NH-]CC[NH-]. The van der Waals surface area contributed by atoms with Crippen LogP contribution in [-0.2, 0) is 134 Å². The number of carboxylic acids is 2. The minimum atomic E-state index is -5.19. The Labute approximate surface area is 837 Å². The summed E-state index contributed by atoms with van der Waals surface area (Å²) in [7, 11) is 0. The molecule has 6 aromatic rings. The minimum absolute atomic E-state index is 0.0182. The van der Waals surface area contributed by atoms with E-state index in [-0.39, 0.29) is 69.1 Å². The topological polar surface area (TPSA) is 588 Å². The smallest absolute Gasteiger partial charge is 0.133 e. The molecule has 0 aliphatic rings. The van der Waals surface area contributed by atoms with Gasteiger partial charge in [0.15, 0.2) is 29.0 Å². The number of nitrogens with two attached hydrogens (primary N) is 1. The molecule has 6 rings (SSSR count). The summed E-state index contributed by atoms with van der Waals surface area (Å²) >= 11 is 9.53. The van der Waals surface area contributed by atoms with Crippen LogP contribution in [0.3, 0.4) is 0 Å². The third-order valence-corrected chi connectivity index (χ3v) is 14.8. The Morgan fingerprint density at radius 2 is 0.635 bits per heavy atom. The molecule has 2 aromatic carbocycles. The van der Waals surface area contributed by atoms with Gasteiger partial charge >= 0.3 is 104 Å². The van der Waals surface area contributed by atoms with Crippen LogP contribution in [0.1, 0.15) is 73.6 Å². The number of carbonyl (C=O) groups excluding carboxylic acids is 4. The van der Waals surface area contributed by atoms with Gasteiger partial charge in [0.25, 0.3) is 0 Å². The molecule has 55 heteroatoms. The number of carboxylic acid groups (broad SMARTS) is 2. The molecule has 0 aliphatic heterocycles. The number of benzene rings is 2. The van der Waals surface area contributed by atoms with Gasteiger partial charge in [0.1, 0.15) is 17.5 Å². The first kappa shape index (κ1) is 138. The van der Waals surface area contributed by atoms with Gasteiger partial charge in [-0.15, -0.1) is 0 Å². The third-order valence-electron chi connectivity index (χ3n) is 14.8. The number of phenolic OH excluding ortho intramolecular Hbond substituents is 1. The number of esters is 1. The van der Waals surface area contributed by atoms with Crippen LogP contribution in [-0.4, -0.2) is 277 Å². The number of Topliss-reactive ketones (excluding diaryl/α,β-unsaturated/α-hetero) is 2. The number of hydrogen-bond acceptors (Lipinski definition) is 28. The number of nitrogens with one attached hydrogen (secondary N) is 4. The molecule has 0 atom stereocenters. The van der Waals surface area contributed by atoms with Gasteiger partial charge < -0.3 is 110 Å². The third kappa shape index (κ3) is 94.6. The van der Waals surface area contributed by atoms with E-state index < -0.39 is 82.1 Å². The van der Waals surface area contributed by atoms with E-state index in [9.17, 15) is 67.5 Å². The first-order valence-corrected chi connectivity index (χ1v) is 60.2. The van der Waals surface area contributed by atoms with Crippen LogP contribution in [0.2, 0.25) is 0 Å². The molecule has 0 bridgehead atoms. The van der Waals surface area contributed by atoms with Crippen LogP contribution in [0.4, 0.5) is 48.3 Å². The number of aromatic hydroxyl groups is 1. The van der Waals surface area contributed by atoms with Crippen LogP contribution in [0, 0.1) is 46.5 Å². The first-order valence-electron chi connectivity index (χ1n) is 40.9. The van der Waals surface area contributed by atoms with Crippen molar-refractivity contribution in [1.82, 2.24) is 19.9 Å². The second-order valence-corrected chi connectivity index (χ2v) is 41.6. The van der Waals surface area contributed by atoms with Crippen LogP contribution >= 0.6 is 58.1 Å². The standard InChI is InChI=1S/2C19H30N4O5.C14H9F4NO2.C10H22N4O4.C8H9NO2.C6H2F4O.C2HF3O2.2C2H6N2.3HI.2Pt/c2*20-23-22-9-11-26-13-15-28-17-16-27-14-12-25-10-1-2-19(24)4-3-18-5-7-21-8-6-18;15-9-7-10(16)13(18)14(12(9)17)21-11(20)2-1-8-3-5-19-6-4-8;11-1-3-15-5-7-17-9-10-18-8-6-16-4-2-13-14-12;10-8(11)2-1-7-3-5-9-6-4-7;7-2-1-3(8)5(10)6(11)4(2)9;3-2(4,5)1(6)7;2*3-1-2-4;;;;;/h2*5-8H,1-4,9-17H2;3-7H,1-2H2;1-11H2;3-6H,1-2H2,(H,10,11);1,11H;(H,6,7);2*3-4H,1-2H2;3*1H;;/q;;;;;;;2*-2;;;;+1;+4/p-4. The molecule has 0 amide bonds. The van der Waals surface area contributed by atoms with Crippen LogP contribution in [0.15, 0.2) is 126 Å². The number of rotatable bonds is 61. The number of ether oxygens (including phenoxy) is 13. The maximum absolute atomic E-state index is 13.3. The molecular formula is C82H114F11I3N18O21Pt2-3. The van der Waals surface area contributed by atoms with Crippen molar-refractivity contribution in [3.8, 4) is 11.5 Å². The molecule has 0 unspecified atom stereocenters. The number of hydrogen-bond donors (Lipinski definition) is 3. The van der Waals surface area contributed by atoms with Gasteiger partial charge in [0.2, 0.25) is 29.0 Å². The molecule has 0 spiro atoms. The fourth-order valence-corrected chi connectivity index (χ4v) is 8.44. The number of alkyl halides is 3. The number of halogens is 14. The number of azide groups is 3. The fraction of sp³-hybridized carbons (Fsp3) is 0.549. The zero-order valence-electron chi connectivity index (χ0n) is 74.5. The number of nitrogens with zero attached hydrogens (tertiary/aromatic N) is 13. The summed E-state index contributed by atoms with van der Waals surface area (Å²) in [5, 5.41) is 35.5. The summed E-state index contributed by atoms with van der Waals surface area (Å²) in [5.74, 6) is -20.8. The monoisotopic (exact) mass is 2670 g/mol. The number of carbonyl (C=O) groups is 5. The van der Waals surface area contributed by atoms with Crippen molar-refractivity contribution in [2.75, 3.05) is 211 Å². The maximum atomic E-state index is 13.3. The van der Waals surface area contributed by atoms with Crippen molar-refractivity contribution < 1.29 is 176 Å². The van der Waals surface area contributed by atoms with Crippen LogP contribution < -0.4 is 15.6 Å². The van der Waals surface area contributed by atoms with Crippen molar-refractivity contribution in [3.05, 3.63) is 233 Å². The Kier molecular flexibility index (Phi) is 105. The molecule has 4 heterocycles. The van der Waals surface area contributed by atoms with Crippen molar-refractivity contribution in [3.63, 3.8) is 0 Å². The summed E-state index contributed by atoms with van der Waals surface area (Å²) in [5.41, 5.74) is 58.5. The molecule has 0 saturated heterocycles. The van der Waals surface area contributed by atoms with Gasteiger partial charge in [0, 0.05) is 154 Å². The van der Waals surface area contributed by atoms with Gasteiger partial charge in [-0.25, -0.2) is 17.6 Å². The summed E-state index contributed by atoms with van der Waals surface area (Å²) < 4.78 is 200. The predicted molar refractivity (Wildman–Crippen MR) is 497 cm³/mol. The zero-order chi connectivity index (χ0) is 103. The zero-order valence-corrected chi connectivity index (χ0v) is 85.5. The second-order valence-electron chi connectivity index (χ2n) is 25.0. The summed E-state index contributed by atoms with van der Waals surface area (Å²) in [6, 6.07) is 14.7. The van der Waals surface area contributed by atoms with Gasteiger partial charge in [-0.3, -0.25) is 39.1 Å². The summed E-state index contributed by atoms with van der Waals surface area (Å²) in [4.78, 5) is 77.5. The van der Waals surface area contributed by atoms with E-state index in [1.165, 1.54) is 12.4 Å². The van der Waals surface area contributed by atoms with Gasteiger partial charge in [-0.05, 0) is 126 Å². The van der Waals surface area contributed by atoms with E-state index in [2.05, 4.69) is 129 Å². The quantitative estimate of drug-likeness (QED) is 0.00367. The Balaban J connectivity index is -0.000000499. The van der Waals surface area contributed by atoms with E-state index in [1.54, 1.807) is 49.3 Å². The average Bonchev–Trinajstić information content (AvgIpc) is 0.824. The number of pyridine rings is 4. The molecule has 0 saturated carbocycles. The molecule has 39 nitrogen and oxygen atoms in total. The van der Waals surface area contributed by atoms with Gasteiger partial charge in [0.05, 0.1) is 145 Å². The number of aryl methyl sites for hydroxylation is 4. The fourth-order valence-electron chi connectivity index (χ4n) is 8.44. The molecule has 8 N–H and O–H groups in total. The largest absolute Gasteiger partial charge is 0.679 e. The number of aliphatic carboxylic acids is 2. The molecule has 4 aromatic heterocycles. The number of phenols is 1. The van der Waals surface area contributed by atoms with Crippen molar-refractivity contribution in [2.24, 2.45) is 21.1 Å². The normalized spacial score (nSPS) is 10.1. The van der Waals surface area contributed by atoms with E-state index in [4.69, 9.17) is 122 Å². The molecule has 137 heavy (non-hydrogen) atoms. The van der Waals surface area contributed by atoms with Crippen LogP contribution in [0.5, 0.6) is 11.5 Å². The average molecular weight is 2670 g/mol. The van der Waals surface area contributed by atoms with E-state index in [0.29, 0.717) is 228 Å². The molecule has 0 aliphatic carbocycles. The molecule has 0 fully saturated rings. The van der Waals surface area contributed by atoms with Crippen molar-refractivity contribution in [2.45, 2.75) is 83.2 Å². The van der Waals surface area contributed by atoms with Crippen LogP contribution in [0.25, 0.3) is 54.3 Å². The summed E-state index contributed by atoms with van der Waals surface area (Å²) in [6.45, 7) is 14.4. The molecule has 0 radical (unpaired) electrons. The van der Waals surface area contributed by atoms with E-state index in [0.717, 1.165) is 47.9 Å². The first-order chi connectivity index (χ1) is 66.1. The van der Waals surface area contributed by atoms with Gasteiger partial charge in [-0.1, -0.05) is 15.3 Å². The molecule has 779 valence electrons. The number of aromatic nitrogens is 4. The Morgan fingerprint density at radius 1 is 0.409 bits per heavy atom. The summed E-state index contributed by atoms with van der Waals surface area (Å²) in [6.07, 6.45) is 14.1. The second kappa shape index (κ2) is 104. The Bertz CT molecular complexity index is 3930. The maximum Gasteiger partial charge on any atom is 0.133 e. The van der Waals surface area contributed by atoms with Crippen molar-refractivity contribution in [1.29, 1.82) is 0 Å². The van der Waals surface area contributed by atoms with E-state index >= 15 is 0 Å². The molecular weight excluding hydrogens is 2550 g/mol. The number of ketones is 2. The van der Waals surface area contributed by atoms with Crippen molar-refractivity contribution >= 4 is 87.5 Å². The van der Waals surface area contributed by atoms with E-state index in [1.807, 2.05) is 36.4 Å². The Morgan fingerprint density at radius 3 is 0.869 bits per heavy atom. The Hall–Kier alpha value is -7.36. The predicted octanol–water partition coefficient (Wildman–Crippen LogP) is 16.2. The minimum Gasteiger partial charge on any atom is -0.679 e.